The third kappa shape index (κ3) is 4.22. The lowest BCUT2D eigenvalue weighted by molar-refractivity contribution is 0.585. The Hall–Kier alpha value is -0.550. The van der Waals surface area contributed by atoms with Crippen LogP contribution in [0.15, 0.2) is 50.9 Å². The summed E-state index contributed by atoms with van der Waals surface area (Å²) in [4.78, 5) is 5.52. The van der Waals surface area contributed by atoms with E-state index in [1.807, 2.05) is 24.3 Å². The lowest BCUT2D eigenvalue weighted by Crippen LogP contribution is -2.22. The van der Waals surface area contributed by atoms with Crippen molar-refractivity contribution in [1.82, 2.24) is 10.3 Å². The van der Waals surface area contributed by atoms with Gasteiger partial charge in [0.25, 0.3) is 0 Å². The van der Waals surface area contributed by atoms with Crippen LogP contribution in [0.2, 0.25) is 5.02 Å². The molecule has 0 fully saturated rings. The molecule has 0 saturated carbocycles. The maximum atomic E-state index is 6.33. The van der Waals surface area contributed by atoms with Gasteiger partial charge >= 0.3 is 0 Å². The van der Waals surface area contributed by atoms with Crippen LogP contribution >= 0.6 is 39.3 Å². The van der Waals surface area contributed by atoms with Gasteiger partial charge in [0.15, 0.2) is 0 Å². The Morgan fingerprint density at radius 2 is 2.10 bits per heavy atom. The molecule has 0 bridgehead atoms. The van der Waals surface area contributed by atoms with Gasteiger partial charge in [0.2, 0.25) is 0 Å². The minimum Gasteiger partial charge on any atom is -0.310 e. The number of pyridine rings is 1. The maximum Gasteiger partial charge on any atom is 0.115 e. The number of aromatic nitrogens is 1. The first-order valence-corrected chi connectivity index (χ1v) is 8.36. The largest absolute Gasteiger partial charge is 0.310 e. The number of nitrogens with zero attached hydrogens (tertiary/aromatic N) is 1. The highest BCUT2D eigenvalue weighted by Gasteiger charge is 2.11. The van der Waals surface area contributed by atoms with Crippen molar-refractivity contribution in [2.24, 2.45) is 0 Å². The molecule has 0 aliphatic rings. The van der Waals surface area contributed by atoms with Crippen LogP contribution in [-0.4, -0.2) is 11.0 Å². The molecule has 2 aromatic rings. The number of halogens is 2. The SMILES string of the molecule is CC(C)NCc1c(Cl)cccc1Sc1ncccc1Br. The van der Waals surface area contributed by atoms with E-state index in [9.17, 15) is 0 Å². The topological polar surface area (TPSA) is 24.9 Å². The molecule has 1 aromatic carbocycles. The van der Waals surface area contributed by atoms with Gasteiger partial charge in [0.1, 0.15) is 5.03 Å². The monoisotopic (exact) mass is 370 g/mol. The van der Waals surface area contributed by atoms with Gasteiger partial charge in [-0.25, -0.2) is 4.98 Å². The molecule has 1 aromatic heterocycles. The molecule has 0 spiro atoms. The minimum atomic E-state index is 0.422. The molecule has 2 rings (SSSR count). The van der Waals surface area contributed by atoms with Crippen molar-refractivity contribution in [2.45, 2.75) is 36.4 Å². The summed E-state index contributed by atoms with van der Waals surface area (Å²) in [5, 5.41) is 5.15. The second-order valence-electron chi connectivity index (χ2n) is 4.64. The van der Waals surface area contributed by atoms with Crippen molar-refractivity contribution in [3.8, 4) is 0 Å². The molecule has 0 saturated heterocycles. The fourth-order valence-electron chi connectivity index (χ4n) is 1.66. The van der Waals surface area contributed by atoms with Crippen molar-refractivity contribution >= 4 is 39.3 Å². The Balaban J connectivity index is 2.27. The number of benzene rings is 1. The summed E-state index contributed by atoms with van der Waals surface area (Å²) in [7, 11) is 0. The fraction of sp³-hybridized carbons (Fsp3) is 0.267. The normalized spacial score (nSPS) is 11.1. The molecular weight excluding hydrogens is 356 g/mol. The van der Waals surface area contributed by atoms with E-state index in [-0.39, 0.29) is 0 Å². The van der Waals surface area contributed by atoms with Gasteiger partial charge in [-0.05, 0) is 45.8 Å². The first-order valence-electron chi connectivity index (χ1n) is 6.37. The molecule has 0 atom stereocenters. The third-order valence-electron chi connectivity index (χ3n) is 2.69. The first kappa shape index (κ1) is 15.8. The van der Waals surface area contributed by atoms with Crippen LogP contribution in [-0.2, 0) is 6.54 Å². The Morgan fingerprint density at radius 1 is 1.30 bits per heavy atom. The van der Waals surface area contributed by atoms with E-state index in [1.54, 1.807) is 18.0 Å². The van der Waals surface area contributed by atoms with Crippen molar-refractivity contribution in [3.63, 3.8) is 0 Å². The van der Waals surface area contributed by atoms with E-state index < -0.39 is 0 Å². The number of nitrogens with one attached hydrogen (secondary N) is 1. The molecule has 0 unspecified atom stereocenters. The van der Waals surface area contributed by atoms with Gasteiger partial charge < -0.3 is 5.32 Å². The lowest BCUT2D eigenvalue weighted by atomic mass is 10.2. The summed E-state index contributed by atoms with van der Waals surface area (Å²) >= 11 is 11.5. The summed E-state index contributed by atoms with van der Waals surface area (Å²) in [6, 6.07) is 10.3. The molecule has 2 nitrogen and oxygen atoms in total. The average molecular weight is 372 g/mol. The Kier molecular flexibility index (Phi) is 5.90. The zero-order valence-electron chi connectivity index (χ0n) is 11.4. The Labute approximate surface area is 137 Å². The predicted octanol–water partition coefficient (Wildman–Crippen LogP) is 5.15. The smallest absolute Gasteiger partial charge is 0.115 e. The van der Waals surface area contributed by atoms with Gasteiger partial charge in [-0.1, -0.05) is 43.3 Å². The Morgan fingerprint density at radius 3 is 2.80 bits per heavy atom. The molecule has 0 aliphatic carbocycles. The third-order valence-corrected chi connectivity index (χ3v) is 5.07. The molecule has 1 N–H and O–H groups in total. The summed E-state index contributed by atoms with van der Waals surface area (Å²) in [6.07, 6.45) is 1.80. The standard InChI is InChI=1S/C15H16BrClN2S/c1-10(2)19-9-11-13(17)6-3-7-14(11)20-15-12(16)5-4-8-18-15/h3-8,10,19H,9H2,1-2H3. The highest BCUT2D eigenvalue weighted by Crippen LogP contribution is 2.35. The highest BCUT2D eigenvalue weighted by atomic mass is 79.9. The van der Waals surface area contributed by atoms with Crippen LogP contribution in [0.5, 0.6) is 0 Å². The predicted molar refractivity (Wildman–Crippen MR) is 89.5 cm³/mol. The summed E-state index contributed by atoms with van der Waals surface area (Å²) < 4.78 is 0.993. The lowest BCUT2D eigenvalue weighted by Gasteiger charge is -2.14. The average Bonchev–Trinajstić information content (AvgIpc) is 2.40. The molecule has 106 valence electrons. The van der Waals surface area contributed by atoms with Crippen LogP contribution in [0.4, 0.5) is 0 Å². The van der Waals surface area contributed by atoms with Crippen molar-refractivity contribution in [3.05, 3.63) is 51.6 Å². The van der Waals surface area contributed by atoms with E-state index in [4.69, 9.17) is 11.6 Å². The molecule has 0 aliphatic heterocycles. The van der Waals surface area contributed by atoms with Crippen LogP contribution in [0, 0.1) is 0 Å². The van der Waals surface area contributed by atoms with Crippen molar-refractivity contribution in [1.29, 1.82) is 0 Å². The molecule has 0 radical (unpaired) electrons. The Bertz CT molecular complexity index is 590. The minimum absolute atomic E-state index is 0.422. The molecule has 1 heterocycles. The van der Waals surface area contributed by atoms with E-state index in [0.717, 1.165) is 31.5 Å². The first-order chi connectivity index (χ1) is 9.58. The zero-order valence-corrected chi connectivity index (χ0v) is 14.5. The number of hydrogen-bond acceptors (Lipinski definition) is 3. The summed E-state index contributed by atoms with van der Waals surface area (Å²) in [5.74, 6) is 0. The van der Waals surface area contributed by atoms with Crippen molar-refractivity contribution in [2.75, 3.05) is 0 Å². The van der Waals surface area contributed by atoms with E-state index in [2.05, 4.69) is 46.1 Å². The van der Waals surface area contributed by atoms with Gasteiger partial charge in [0, 0.05) is 28.7 Å². The second-order valence-corrected chi connectivity index (χ2v) is 6.94. The molecule has 0 amide bonds. The maximum absolute atomic E-state index is 6.33. The van der Waals surface area contributed by atoms with E-state index in [0.29, 0.717) is 6.04 Å². The number of hydrogen-bond donors (Lipinski definition) is 1. The fourth-order valence-corrected chi connectivity index (χ4v) is 3.40. The second kappa shape index (κ2) is 7.46. The summed E-state index contributed by atoms with van der Waals surface area (Å²) in [5.41, 5.74) is 1.12. The number of rotatable bonds is 5. The highest BCUT2D eigenvalue weighted by molar-refractivity contribution is 9.10. The van der Waals surface area contributed by atoms with E-state index in [1.165, 1.54) is 0 Å². The van der Waals surface area contributed by atoms with Crippen LogP contribution in [0.3, 0.4) is 0 Å². The molecular formula is C15H16BrClN2S. The molecule has 20 heavy (non-hydrogen) atoms. The van der Waals surface area contributed by atoms with Crippen molar-refractivity contribution < 1.29 is 0 Å². The quantitative estimate of drug-likeness (QED) is 0.787. The van der Waals surface area contributed by atoms with Crippen LogP contribution in [0.25, 0.3) is 0 Å². The van der Waals surface area contributed by atoms with Crippen LogP contribution < -0.4 is 5.32 Å². The van der Waals surface area contributed by atoms with Gasteiger partial charge in [-0.3, -0.25) is 0 Å². The van der Waals surface area contributed by atoms with Crippen LogP contribution in [0.1, 0.15) is 19.4 Å². The van der Waals surface area contributed by atoms with Gasteiger partial charge in [-0.2, -0.15) is 0 Å². The summed E-state index contributed by atoms with van der Waals surface area (Å²) in [6.45, 7) is 5.00. The zero-order chi connectivity index (χ0) is 14.5. The molecule has 5 heteroatoms. The van der Waals surface area contributed by atoms with E-state index >= 15 is 0 Å². The van der Waals surface area contributed by atoms with Gasteiger partial charge in [0.05, 0.1) is 4.47 Å². The van der Waals surface area contributed by atoms with Gasteiger partial charge in [-0.15, -0.1) is 0 Å².